The highest BCUT2D eigenvalue weighted by molar-refractivity contribution is 6.36. The summed E-state index contributed by atoms with van der Waals surface area (Å²) < 4.78 is 10.5. The van der Waals surface area contributed by atoms with Gasteiger partial charge >= 0.3 is 0 Å². The minimum Gasteiger partial charge on any atom is -0.493 e. The molecule has 0 fully saturated rings. The number of hydrogen-bond donors (Lipinski definition) is 0. The first kappa shape index (κ1) is 17.5. The molecule has 0 unspecified atom stereocenters. The molecule has 0 radical (unpaired) electrons. The number of anilines is 1. The van der Waals surface area contributed by atoms with E-state index in [1.807, 2.05) is 0 Å². The lowest BCUT2D eigenvalue weighted by Gasteiger charge is -2.27. The number of nitro benzene ring substituents is 1. The van der Waals surface area contributed by atoms with E-state index in [-0.39, 0.29) is 22.2 Å². The zero-order valence-corrected chi connectivity index (χ0v) is 15.0. The summed E-state index contributed by atoms with van der Waals surface area (Å²) in [6, 6.07) is 12.0. The van der Waals surface area contributed by atoms with E-state index in [0.29, 0.717) is 22.6 Å². The van der Waals surface area contributed by atoms with Crippen molar-refractivity contribution in [3.05, 3.63) is 69.8 Å². The smallest absolute Gasteiger partial charge is 0.277 e. The molecule has 0 aliphatic carbocycles. The second kappa shape index (κ2) is 6.34. The monoisotopic (exact) mass is 378 g/mol. The Balaban J connectivity index is 1.93. The van der Waals surface area contributed by atoms with E-state index >= 15 is 0 Å². The van der Waals surface area contributed by atoms with E-state index in [1.165, 1.54) is 38.5 Å². The van der Waals surface area contributed by atoms with E-state index in [4.69, 9.17) is 9.47 Å². The average molecular weight is 378 g/mol. The topological polar surface area (TPSA) is 99.0 Å². The normalized spacial score (nSPS) is 13.0. The molecule has 0 N–H and O–H groups in total. The molecule has 140 valence electrons. The number of nitro groups is 1. The minimum atomic E-state index is -0.559. The van der Waals surface area contributed by atoms with Gasteiger partial charge in [0.2, 0.25) is 0 Å². The van der Waals surface area contributed by atoms with Crippen LogP contribution >= 0.6 is 0 Å². The summed E-state index contributed by atoms with van der Waals surface area (Å²) in [5.74, 6) is -0.291. The summed E-state index contributed by atoms with van der Waals surface area (Å²) in [5, 5.41) is 11.9. The highest BCUT2D eigenvalue weighted by Crippen LogP contribution is 2.38. The van der Waals surface area contributed by atoms with Crippen LogP contribution in [0.3, 0.4) is 0 Å². The third kappa shape index (κ3) is 2.38. The van der Waals surface area contributed by atoms with E-state index in [0.717, 1.165) is 4.90 Å². The maximum absolute atomic E-state index is 13.1. The number of benzene rings is 3. The van der Waals surface area contributed by atoms with Crippen molar-refractivity contribution < 1.29 is 24.0 Å². The predicted molar refractivity (Wildman–Crippen MR) is 101 cm³/mol. The van der Waals surface area contributed by atoms with Gasteiger partial charge in [-0.15, -0.1) is 0 Å². The third-order valence-electron chi connectivity index (χ3n) is 4.71. The van der Waals surface area contributed by atoms with Crippen molar-refractivity contribution in [1.82, 2.24) is 0 Å². The molecule has 4 rings (SSSR count). The molecular weight excluding hydrogens is 364 g/mol. The van der Waals surface area contributed by atoms with Gasteiger partial charge in [0.05, 0.1) is 30.2 Å². The van der Waals surface area contributed by atoms with Crippen LogP contribution in [0.5, 0.6) is 11.5 Å². The fourth-order valence-electron chi connectivity index (χ4n) is 3.44. The van der Waals surface area contributed by atoms with Gasteiger partial charge in [-0.3, -0.25) is 19.7 Å². The molecule has 1 heterocycles. The zero-order valence-electron chi connectivity index (χ0n) is 15.0. The van der Waals surface area contributed by atoms with Gasteiger partial charge in [-0.2, -0.15) is 0 Å². The van der Waals surface area contributed by atoms with Crippen molar-refractivity contribution in [2.45, 2.75) is 0 Å². The lowest BCUT2D eigenvalue weighted by molar-refractivity contribution is -0.383. The first-order valence-corrected chi connectivity index (χ1v) is 8.29. The second-order valence-electron chi connectivity index (χ2n) is 6.10. The molecule has 0 bridgehead atoms. The van der Waals surface area contributed by atoms with Crippen molar-refractivity contribution in [2.24, 2.45) is 0 Å². The molecule has 0 atom stereocenters. The number of carbonyl (C=O) groups is 2. The van der Waals surface area contributed by atoms with Gasteiger partial charge in [0.15, 0.2) is 11.5 Å². The van der Waals surface area contributed by atoms with Gasteiger partial charge in [-0.25, -0.2) is 4.90 Å². The van der Waals surface area contributed by atoms with Gasteiger partial charge in [-0.1, -0.05) is 6.07 Å². The highest BCUT2D eigenvalue weighted by atomic mass is 16.6. The Morgan fingerprint density at radius 3 is 2.21 bits per heavy atom. The first-order valence-electron chi connectivity index (χ1n) is 8.29. The zero-order chi connectivity index (χ0) is 20.0. The molecule has 1 aliphatic rings. The maximum atomic E-state index is 13.1. The van der Waals surface area contributed by atoms with Crippen molar-refractivity contribution in [3.8, 4) is 11.5 Å². The molecule has 1 aliphatic heterocycles. The lowest BCUT2D eigenvalue weighted by Crippen LogP contribution is -2.40. The third-order valence-corrected chi connectivity index (χ3v) is 4.71. The fourth-order valence-corrected chi connectivity index (χ4v) is 3.44. The van der Waals surface area contributed by atoms with Crippen LogP contribution in [-0.4, -0.2) is 31.0 Å². The number of hydrogen-bond acceptors (Lipinski definition) is 6. The summed E-state index contributed by atoms with van der Waals surface area (Å²) in [4.78, 5) is 38.1. The van der Waals surface area contributed by atoms with Crippen molar-refractivity contribution in [1.29, 1.82) is 0 Å². The van der Waals surface area contributed by atoms with Gasteiger partial charge in [0.1, 0.15) is 0 Å². The van der Waals surface area contributed by atoms with Gasteiger partial charge in [0, 0.05) is 28.6 Å². The standard InChI is InChI=1S/C20H14N2O6/c1-27-16-9-6-11(10-17(16)28-2)21-19(23)13-5-3-4-12-15(22(25)26)8-7-14(18(12)13)20(21)24/h3-10H,1-2H3. The van der Waals surface area contributed by atoms with E-state index in [9.17, 15) is 19.7 Å². The Labute approximate surface area is 159 Å². The summed E-state index contributed by atoms with van der Waals surface area (Å²) in [6.45, 7) is 0. The van der Waals surface area contributed by atoms with Crippen molar-refractivity contribution in [3.63, 3.8) is 0 Å². The Morgan fingerprint density at radius 1 is 0.893 bits per heavy atom. The summed E-state index contributed by atoms with van der Waals surface area (Å²) >= 11 is 0. The van der Waals surface area contributed by atoms with Crippen LogP contribution in [0, 0.1) is 10.1 Å². The summed E-state index contributed by atoms with van der Waals surface area (Å²) in [5.41, 5.74) is 0.616. The number of non-ortho nitro benzene ring substituents is 1. The maximum Gasteiger partial charge on any atom is 0.277 e. The van der Waals surface area contributed by atoms with Crippen molar-refractivity contribution >= 4 is 34.0 Å². The van der Waals surface area contributed by atoms with Crippen LogP contribution in [-0.2, 0) is 0 Å². The van der Waals surface area contributed by atoms with E-state index in [2.05, 4.69) is 0 Å². The van der Waals surface area contributed by atoms with Crippen LogP contribution in [0.15, 0.2) is 48.5 Å². The van der Waals surface area contributed by atoms with Crippen molar-refractivity contribution in [2.75, 3.05) is 19.1 Å². The van der Waals surface area contributed by atoms with Gasteiger partial charge in [-0.05, 0) is 30.3 Å². The van der Waals surface area contributed by atoms with Crippen LogP contribution in [0.2, 0.25) is 0 Å². The molecule has 8 heteroatoms. The molecule has 3 aromatic rings. The highest BCUT2D eigenvalue weighted by Gasteiger charge is 2.36. The summed E-state index contributed by atoms with van der Waals surface area (Å²) in [7, 11) is 2.94. The molecule has 8 nitrogen and oxygen atoms in total. The number of nitrogens with zero attached hydrogens (tertiary/aromatic N) is 2. The molecule has 0 saturated heterocycles. The quantitative estimate of drug-likeness (QED) is 0.391. The Morgan fingerprint density at radius 2 is 1.57 bits per heavy atom. The minimum absolute atomic E-state index is 0.152. The van der Waals surface area contributed by atoms with Gasteiger partial charge < -0.3 is 9.47 Å². The fraction of sp³-hybridized carbons (Fsp3) is 0.100. The van der Waals surface area contributed by atoms with E-state index < -0.39 is 16.7 Å². The number of imide groups is 1. The first-order chi connectivity index (χ1) is 13.5. The molecule has 2 amide bonds. The number of ether oxygens (including phenoxy) is 2. The lowest BCUT2D eigenvalue weighted by atomic mass is 9.92. The van der Waals surface area contributed by atoms with Gasteiger partial charge in [0.25, 0.3) is 17.5 Å². The average Bonchev–Trinajstić information content (AvgIpc) is 2.71. The Hall–Kier alpha value is -3.94. The van der Waals surface area contributed by atoms with Crippen LogP contribution in [0.25, 0.3) is 10.8 Å². The van der Waals surface area contributed by atoms with E-state index in [1.54, 1.807) is 24.3 Å². The molecule has 0 saturated carbocycles. The molecule has 3 aromatic carbocycles. The second-order valence-corrected chi connectivity index (χ2v) is 6.10. The SMILES string of the molecule is COc1ccc(N2C(=O)c3cccc4c([N+](=O)[O-])ccc(c34)C2=O)cc1OC. The Kier molecular flexibility index (Phi) is 3.96. The molecular formula is C20H14N2O6. The summed E-state index contributed by atoms with van der Waals surface area (Å²) in [6.07, 6.45) is 0. The van der Waals surface area contributed by atoms with Crippen LogP contribution < -0.4 is 14.4 Å². The number of amides is 2. The van der Waals surface area contributed by atoms with Crippen LogP contribution in [0.1, 0.15) is 20.7 Å². The number of rotatable bonds is 4. The largest absolute Gasteiger partial charge is 0.493 e. The predicted octanol–water partition coefficient (Wildman–Crippen LogP) is 3.57. The molecule has 0 spiro atoms. The Bertz CT molecular complexity index is 1150. The molecule has 0 aromatic heterocycles. The molecule has 28 heavy (non-hydrogen) atoms. The van der Waals surface area contributed by atoms with Crippen LogP contribution in [0.4, 0.5) is 11.4 Å². The number of methoxy groups -OCH3 is 2. The number of carbonyl (C=O) groups excluding carboxylic acids is 2.